The van der Waals surface area contributed by atoms with Crippen LogP contribution >= 0.6 is 11.6 Å². The number of benzene rings is 2. The Morgan fingerprint density at radius 1 is 1.04 bits per heavy atom. The maximum Gasteiger partial charge on any atom is 0.262 e. The minimum Gasteiger partial charge on any atom is -0.356 e. The van der Waals surface area contributed by atoms with Crippen LogP contribution in [0.2, 0.25) is 5.02 Å². The van der Waals surface area contributed by atoms with Crippen LogP contribution in [0.3, 0.4) is 0 Å². The Hall–Kier alpha value is -2.58. The molecule has 0 spiro atoms. The summed E-state index contributed by atoms with van der Waals surface area (Å²) in [5.41, 5.74) is 1.26. The maximum atomic E-state index is 12.7. The van der Waals surface area contributed by atoms with E-state index in [0.29, 0.717) is 22.0 Å². The van der Waals surface area contributed by atoms with Gasteiger partial charge >= 0.3 is 0 Å². The lowest BCUT2D eigenvalue weighted by Crippen LogP contribution is -2.25. The first kappa shape index (κ1) is 20.7. The van der Waals surface area contributed by atoms with E-state index in [0.717, 1.165) is 0 Å². The summed E-state index contributed by atoms with van der Waals surface area (Å²) in [7, 11) is -3.84. The molecule has 2 rings (SSSR count). The first-order valence-corrected chi connectivity index (χ1v) is 9.97. The fourth-order valence-electron chi connectivity index (χ4n) is 2.27. The molecular formula is C18H20ClN3O4S. The first-order chi connectivity index (χ1) is 12.7. The third-order valence-electron chi connectivity index (χ3n) is 3.58. The predicted molar refractivity (Wildman–Crippen MR) is 105 cm³/mol. The van der Waals surface area contributed by atoms with Crippen LogP contribution in [0.1, 0.15) is 18.9 Å². The Labute approximate surface area is 163 Å². The number of halogens is 1. The van der Waals surface area contributed by atoms with Gasteiger partial charge in [0.2, 0.25) is 11.8 Å². The third-order valence-corrected chi connectivity index (χ3v) is 5.36. The van der Waals surface area contributed by atoms with Gasteiger partial charge < -0.3 is 10.6 Å². The Balaban J connectivity index is 2.14. The third kappa shape index (κ3) is 6.26. The molecule has 0 aliphatic rings. The second kappa shape index (κ2) is 8.88. The molecule has 0 heterocycles. The summed E-state index contributed by atoms with van der Waals surface area (Å²) in [5.74, 6) is -0.554. The molecule has 0 aliphatic heterocycles. The molecule has 7 nitrogen and oxygen atoms in total. The lowest BCUT2D eigenvalue weighted by atomic mass is 10.2. The van der Waals surface area contributed by atoms with Gasteiger partial charge in [0.15, 0.2) is 0 Å². The zero-order valence-electron chi connectivity index (χ0n) is 14.9. The van der Waals surface area contributed by atoms with E-state index in [1.807, 2.05) is 0 Å². The first-order valence-electron chi connectivity index (χ1n) is 8.11. The topological polar surface area (TPSA) is 104 Å². The molecule has 0 saturated carbocycles. The Bertz CT molecular complexity index is 944. The van der Waals surface area contributed by atoms with E-state index in [1.165, 1.54) is 13.0 Å². The van der Waals surface area contributed by atoms with Crippen molar-refractivity contribution in [1.29, 1.82) is 0 Å². The predicted octanol–water partition coefficient (Wildman–Crippen LogP) is 2.91. The highest BCUT2D eigenvalue weighted by Gasteiger charge is 2.18. The molecule has 2 aromatic rings. The summed E-state index contributed by atoms with van der Waals surface area (Å²) in [5, 5.41) is 5.65. The fourth-order valence-corrected chi connectivity index (χ4v) is 3.73. The molecule has 27 heavy (non-hydrogen) atoms. The van der Waals surface area contributed by atoms with Crippen LogP contribution in [0.4, 0.5) is 11.4 Å². The van der Waals surface area contributed by atoms with Crippen molar-refractivity contribution in [1.82, 2.24) is 5.32 Å². The second-order valence-corrected chi connectivity index (χ2v) is 7.96. The molecule has 0 bridgehead atoms. The average Bonchev–Trinajstić information content (AvgIpc) is 2.58. The molecule has 0 unspecified atom stereocenters. The van der Waals surface area contributed by atoms with Gasteiger partial charge in [-0.25, -0.2) is 8.42 Å². The number of aryl methyl sites for hydroxylation is 1. The Morgan fingerprint density at radius 3 is 2.30 bits per heavy atom. The van der Waals surface area contributed by atoms with Crippen molar-refractivity contribution in [3.05, 3.63) is 53.1 Å². The van der Waals surface area contributed by atoms with Crippen LogP contribution < -0.4 is 15.4 Å². The number of hydrogen-bond acceptors (Lipinski definition) is 4. The molecule has 0 aliphatic carbocycles. The lowest BCUT2D eigenvalue weighted by molar-refractivity contribution is -0.119. The van der Waals surface area contributed by atoms with Crippen LogP contribution in [0, 0.1) is 6.92 Å². The molecule has 0 aromatic heterocycles. The largest absolute Gasteiger partial charge is 0.356 e. The SMILES string of the molecule is CC(=O)NCCC(=O)Nc1ccc(C)c(S(=O)(=O)Nc2ccc(Cl)cc2)c1. The number of sulfonamides is 1. The normalized spacial score (nSPS) is 10.9. The Morgan fingerprint density at radius 2 is 1.67 bits per heavy atom. The van der Waals surface area contributed by atoms with E-state index in [1.54, 1.807) is 43.3 Å². The zero-order valence-corrected chi connectivity index (χ0v) is 16.4. The van der Waals surface area contributed by atoms with E-state index in [4.69, 9.17) is 11.6 Å². The van der Waals surface area contributed by atoms with Crippen LogP contribution in [0.25, 0.3) is 0 Å². The summed E-state index contributed by atoms with van der Waals surface area (Å²) >= 11 is 5.81. The number of rotatable bonds is 7. The van der Waals surface area contributed by atoms with Crippen LogP contribution in [0.15, 0.2) is 47.4 Å². The molecule has 144 valence electrons. The average molecular weight is 410 g/mol. The number of amides is 2. The number of hydrogen-bond donors (Lipinski definition) is 3. The van der Waals surface area contributed by atoms with E-state index >= 15 is 0 Å². The number of carbonyl (C=O) groups is 2. The summed E-state index contributed by atoms with van der Waals surface area (Å²) in [4.78, 5) is 22.8. The van der Waals surface area contributed by atoms with Crippen molar-refractivity contribution in [2.45, 2.75) is 25.2 Å². The van der Waals surface area contributed by atoms with Crippen LogP contribution in [-0.4, -0.2) is 26.8 Å². The summed E-state index contributed by atoms with van der Waals surface area (Å²) < 4.78 is 27.9. The van der Waals surface area contributed by atoms with Gasteiger partial charge in [-0.05, 0) is 48.9 Å². The second-order valence-electron chi connectivity index (χ2n) is 5.87. The van der Waals surface area contributed by atoms with Gasteiger partial charge in [0.25, 0.3) is 10.0 Å². The van der Waals surface area contributed by atoms with Crippen molar-refractivity contribution < 1.29 is 18.0 Å². The van der Waals surface area contributed by atoms with Gasteiger partial charge in [0, 0.05) is 36.3 Å². The summed E-state index contributed by atoms with van der Waals surface area (Å²) in [6.45, 7) is 3.23. The molecule has 3 N–H and O–H groups in total. The molecule has 0 atom stereocenters. The molecule has 0 radical (unpaired) electrons. The summed E-state index contributed by atoms with van der Waals surface area (Å²) in [6.07, 6.45) is 0.0819. The van der Waals surface area contributed by atoms with Crippen molar-refractivity contribution in [2.24, 2.45) is 0 Å². The van der Waals surface area contributed by atoms with Gasteiger partial charge in [0.1, 0.15) is 0 Å². The minimum atomic E-state index is -3.84. The smallest absolute Gasteiger partial charge is 0.262 e. The van der Waals surface area contributed by atoms with Gasteiger partial charge in [-0.15, -0.1) is 0 Å². The fraction of sp³-hybridized carbons (Fsp3) is 0.222. The van der Waals surface area contributed by atoms with E-state index in [2.05, 4.69) is 15.4 Å². The van der Waals surface area contributed by atoms with E-state index in [-0.39, 0.29) is 29.7 Å². The van der Waals surface area contributed by atoms with Crippen LogP contribution in [0.5, 0.6) is 0 Å². The molecule has 2 amide bonds. The summed E-state index contributed by atoms with van der Waals surface area (Å²) in [6, 6.07) is 10.9. The number of carbonyl (C=O) groups excluding carboxylic acids is 2. The van der Waals surface area contributed by atoms with Crippen molar-refractivity contribution in [2.75, 3.05) is 16.6 Å². The lowest BCUT2D eigenvalue weighted by Gasteiger charge is -2.13. The van der Waals surface area contributed by atoms with E-state index in [9.17, 15) is 18.0 Å². The van der Waals surface area contributed by atoms with Crippen LogP contribution in [-0.2, 0) is 19.6 Å². The Kier molecular flexibility index (Phi) is 6.81. The van der Waals surface area contributed by atoms with Gasteiger partial charge in [-0.1, -0.05) is 17.7 Å². The number of nitrogens with one attached hydrogen (secondary N) is 3. The van der Waals surface area contributed by atoms with E-state index < -0.39 is 10.0 Å². The standard InChI is InChI=1S/C18H20ClN3O4S/c1-12-3-6-16(21-18(24)9-10-20-13(2)23)11-17(12)27(25,26)22-15-7-4-14(19)5-8-15/h3-8,11,22H,9-10H2,1-2H3,(H,20,23)(H,21,24). The van der Waals surface area contributed by atoms with Gasteiger partial charge in [0.05, 0.1) is 4.90 Å². The highest BCUT2D eigenvalue weighted by Crippen LogP contribution is 2.23. The van der Waals surface area contributed by atoms with Crippen molar-refractivity contribution in [3.63, 3.8) is 0 Å². The maximum absolute atomic E-state index is 12.7. The highest BCUT2D eigenvalue weighted by atomic mass is 35.5. The van der Waals surface area contributed by atoms with Gasteiger partial charge in [-0.3, -0.25) is 14.3 Å². The highest BCUT2D eigenvalue weighted by molar-refractivity contribution is 7.92. The van der Waals surface area contributed by atoms with Crippen molar-refractivity contribution >= 4 is 44.8 Å². The zero-order chi connectivity index (χ0) is 20.0. The molecular weight excluding hydrogens is 390 g/mol. The molecule has 2 aromatic carbocycles. The molecule has 0 fully saturated rings. The van der Waals surface area contributed by atoms with Gasteiger partial charge in [-0.2, -0.15) is 0 Å². The molecule has 0 saturated heterocycles. The van der Waals surface area contributed by atoms with Crippen molar-refractivity contribution in [3.8, 4) is 0 Å². The minimum absolute atomic E-state index is 0.0529. The quantitative estimate of drug-likeness (QED) is 0.653. The number of anilines is 2. The molecule has 9 heteroatoms. The monoisotopic (exact) mass is 409 g/mol.